The van der Waals surface area contributed by atoms with E-state index in [0.717, 1.165) is 0 Å². The van der Waals surface area contributed by atoms with Crippen LogP contribution in [0.25, 0.3) is 0 Å². The Bertz CT molecular complexity index is 460. The van der Waals surface area contributed by atoms with Gasteiger partial charge in [0, 0.05) is 6.42 Å². The van der Waals surface area contributed by atoms with Crippen LogP contribution in [0, 0.1) is 0 Å². The second-order valence-electron chi connectivity index (χ2n) is 3.88. The molecule has 1 unspecified atom stereocenters. The number of carbonyl (C=O) groups is 2. The van der Waals surface area contributed by atoms with Crippen molar-refractivity contribution in [3.8, 4) is 0 Å². The Morgan fingerprint density at radius 1 is 1.42 bits per heavy atom. The van der Waals surface area contributed by atoms with E-state index in [1.807, 2.05) is 0 Å². The highest BCUT2D eigenvalue weighted by molar-refractivity contribution is 5.87. The minimum Gasteiger partial charge on any atom is -0.479 e. The first-order chi connectivity index (χ1) is 8.67. The van der Waals surface area contributed by atoms with Gasteiger partial charge in [0.2, 0.25) is 11.4 Å². The second kappa shape index (κ2) is 5.24. The minimum atomic E-state index is -5.10. The predicted octanol–water partition coefficient (Wildman–Crippen LogP) is 0.190. The molecule has 1 atom stereocenters. The zero-order valence-corrected chi connectivity index (χ0v) is 9.81. The molecule has 0 radical (unpaired) electrons. The molecule has 106 valence electrons. The third kappa shape index (κ3) is 3.42. The van der Waals surface area contributed by atoms with Gasteiger partial charge in [-0.25, -0.2) is 9.78 Å². The third-order valence-corrected chi connectivity index (χ3v) is 2.42. The maximum Gasteiger partial charge on any atom is 0.422 e. The lowest BCUT2D eigenvalue weighted by Crippen LogP contribution is -2.61. The Morgan fingerprint density at radius 3 is 2.47 bits per heavy atom. The van der Waals surface area contributed by atoms with Crippen molar-refractivity contribution in [2.24, 2.45) is 0 Å². The van der Waals surface area contributed by atoms with Gasteiger partial charge in [-0.1, -0.05) is 0 Å². The van der Waals surface area contributed by atoms with E-state index in [-0.39, 0.29) is 13.0 Å². The Hall–Kier alpha value is -2.13. The average molecular weight is 280 g/mol. The first kappa shape index (κ1) is 14.9. The van der Waals surface area contributed by atoms with Crippen LogP contribution in [0.1, 0.15) is 13.3 Å². The molecule has 1 rings (SSSR count). The molecule has 0 bridgehead atoms. The Kier molecular flexibility index (Phi) is 4.12. The van der Waals surface area contributed by atoms with E-state index in [2.05, 4.69) is 10.1 Å². The van der Waals surface area contributed by atoms with Crippen molar-refractivity contribution in [3.05, 3.63) is 12.7 Å². The number of hydrogen-bond acceptors (Lipinski definition) is 4. The Morgan fingerprint density at radius 2 is 2.05 bits per heavy atom. The SMILES string of the molecule is CC(NC(=O)CCn1cncn1)(C(=O)O)C(F)(F)F. The number of hydrogen-bond donors (Lipinski definition) is 2. The van der Waals surface area contributed by atoms with Gasteiger partial charge in [-0.2, -0.15) is 18.3 Å². The monoisotopic (exact) mass is 280 g/mol. The molecule has 7 nitrogen and oxygen atoms in total. The van der Waals surface area contributed by atoms with Crippen LogP contribution in [-0.4, -0.2) is 43.5 Å². The maximum atomic E-state index is 12.6. The summed E-state index contributed by atoms with van der Waals surface area (Å²) in [7, 11) is 0. The predicted molar refractivity (Wildman–Crippen MR) is 54.9 cm³/mol. The maximum absolute atomic E-state index is 12.6. The smallest absolute Gasteiger partial charge is 0.422 e. The molecular weight excluding hydrogens is 269 g/mol. The summed E-state index contributed by atoms with van der Waals surface area (Å²) in [6.07, 6.45) is -2.95. The van der Waals surface area contributed by atoms with Crippen molar-refractivity contribution >= 4 is 11.9 Å². The molecule has 1 aromatic rings. The summed E-state index contributed by atoms with van der Waals surface area (Å²) in [5.41, 5.74) is -3.31. The lowest BCUT2D eigenvalue weighted by Gasteiger charge is -2.28. The average Bonchev–Trinajstić information content (AvgIpc) is 2.77. The van der Waals surface area contributed by atoms with Gasteiger partial charge in [0.25, 0.3) is 0 Å². The van der Waals surface area contributed by atoms with E-state index in [4.69, 9.17) is 5.11 Å². The molecule has 1 aromatic heterocycles. The van der Waals surface area contributed by atoms with Crippen LogP contribution in [0.3, 0.4) is 0 Å². The van der Waals surface area contributed by atoms with E-state index < -0.39 is 23.6 Å². The third-order valence-electron chi connectivity index (χ3n) is 2.42. The number of amides is 1. The van der Waals surface area contributed by atoms with Crippen LogP contribution in [0.15, 0.2) is 12.7 Å². The van der Waals surface area contributed by atoms with Gasteiger partial charge in [-0.3, -0.25) is 9.48 Å². The van der Waals surface area contributed by atoms with Crippen LogP contribution in [0.2, 0.25) is 0 Å². The van der Waals surface area contributed by atoms with Crippen molar-refractivity contribution in [1.29, 1.82) is 0 Å². The summed E-state index contributed by atoms with van der Waals surface area (Å²) in [5, 5.41) is 13.7. The molecule has 0 saturated carbocycles. The Balaban J connectivity index is 2.65. The lowest BCUT2D eigenvalue weighted by molar-refractivity contribution is -0.207. The number of aromatic nitrogens is 3. The second-order valence-corrected chi connectivity index (χ2v) is 3.88. The zero-order chi connectivity index (χ0) is 14.7. The largest absolute Gasteiger partial charge is 0.479 e. The quantitative estimate of drug-likeness (QED) is 0.802. The number of carbonyl (C=O) groups excluding carboxylic acids is 1. The van der Waals surface area contributed by atoms with Crippen LogP contribution >= 0.6 is 0 Å². The highest BCUT2D eigenvalue weighted by Crippen LogP contribution is 2.30. The summed E-state index contributed by atoms with van der Waals surface area (Å²) < 4.78 is 39.1. The van der Waals surface area contributed by atoms with Crippen LogP contribution < -0.4 is 5.32 Å². The number of halogens is 3. The first-order valence-electron chi connectivity index (χ1n) is 5.10. The van der Waals surface area contributed by atoms with Gasteiger partial charge in [-0.15, -0.1) is 0 Å². The summed E-state index contributed by atoms with van der Waals surface area (Å²) >= 11 is 0. The summed E-state index contributed by atoms with van der Waals surface area (Å²) in [6.45, 7) is 0.391. The molecule has 0 aliphatic heterocycles. The number of nitrogens with zero attached hydrogens (tertiary/aromatic N) is 3. The van der Waals surface area contributed by atoms with Gasteiger partial charge in [0.05, 0.1) is 6.54 Å². The fourth-order valence-corrected chi connectivity index (χ4v) is 1.15. The van der Waals surface area contributed by atoms with Crippen LogP contribution in [0.4, 0.5) is 13.2 Å². The van der Waals surface area contributed by atoms with Gasteiger partial charge in [0.15, 0.2) is 0 Å². The molecule has 1 amide bonds. The summed E-state index contributed by atoms with van der Waals surface area (Å²) in [5.74, 6) is -3.22. The number of aliphatic carboxylic acids is 1. The van der Waals surface area contributed by atoms with Crippen LogP contribution in [0.5, 0.6) is 0 Å². The molecule has 0 fully saturated rings. The number of nitrogens with one attached hydrogen (secondary N) is 1. The topological polar surface area (TPSA) is 97.1 Å². The van der Waals surface area contributed by atoms with Crippen molar-refractivity contribution in [3.63, 3.8) is 0 Å². The fraction of sp³-hybridized carbons (Fsp3) is 0.556. The van der Waals surface area contributed by atoms with Crippen molar-refractivity contribution in [1.82, 2.24) is 20.1 Å². The van der Waals surface area contributed by atoms with Crippen molar-refractivity contribution in [2.45, 2.75) is 31.6 Å². The van der Waals surface area contributed by atoms with E-state index in [9.17, 15) is 22.8 Å². The van der Waals surface area contributed by atoms with E-state index in [1.165, 1.54) is 22.7 Å². The first-order valence-corrected chi connectivity index (χ1v) is 5.10. The van der Waals surface area contributed by atoms with E-state index in [0.29, 0.717) is 6.92 Å². The molecule has 0 aliphatic rings. The van der Waals surface area contributed by atoms with Crippen molar-refractivity contribution in [2.75, 3.05) is 0 Å². The molecule has 10 heteroatoms. The van der Waals surface area contributed by atoms with Gasteiger partial charge >= 0.3 is 12.1 Å². The highest BCUT2D eigenvalue weighted by Gasteiger charge is 2.58. The summed E-state index contributed by atoms with van der Waals surface area (Å²) in [6, 6.07) is 0. The van der Waals surface area contributed by atoms with Gasteiger partial charge in [-0.05, 0) is 6.92 Å². The molecule has 0 spiro atoms. The highest BCUT2D eigenvalue weighted by atomic mass is 19.4. The zero-order valence-electron chi connectivity index (χ0n) is 9.81. The molecule has 19 heavy (non-hydrogen) atoms. The number of aryl methyl sites for hydroxylation is 1. The Labute approximate surface area is 105 Å². The number of rotatable bonds is 5. The minimum absolute atomic E-state index is 0.000606. The molecule has 2 N–H and O–H groups in total. The van der Waals surface area contributed by atoms with Gasteiger partial charge < -0.3 is 10.4 Å². The normalized spacial score (nSPS) is 14.7. The van der Waals surface area contributed by atoms with Crippen molar-refractivity contribution < 1.29 is 27.9 Å². The molecule has 0 aromatic carbocycles. The van der Waals surface area contributed by atoms with E-state index >= 15 is 0 Å². The molecule has 0 aliphatic carbocycles. The number of carboxylic acids is 1. The fourth-order valence-electron chi connectivity index (χ4n) is 1.15. The standard InChI is InChI=1S/C9H11F3N4O3/c1-8(7(18)19,9(10,11)12)15-6(17)2-3-16-5-13-4-14-16/h4-5H,2-3H2,1H3,(H,15,17)(H,18,19). The lowest BCUT2D eigenvalue weighted by atomic mass is 10.0. The number of carboxylic acid groups (broad SMARTS) is 1. The van der Waals surface area contributed by atoms with Gasteiger partial charge in [0.1, 0.15) is 12.7 Å². The number of alkyl halides is 3. The summed E-state index contributed by atoms with van der Waals surface area (Å²) in [4.78, 5) is 25.6. The molecular formula is C9H11F3N4O3. The van der Waals surface area contributed by atoms with Crippen LogP contribution in [-0.2, 0) is 16.1 Å². The molecule has 0 saturated heterocycles. The van der Waals surface area contributed by atoms with E-state index in [1.54, 1.807) is 0 Å². The molecule has 1 heterocycles.